The monoisotopic (exact) mass is 425 g/mol. The predicted octanol–water partition coefficient (Wildman–Crippen LogP) is 5.31. The molecule has 1 aliphatic rings. The summed E-state index contributed by atoms with van der Waals surface area (Å²) in [5.74, 6) is -0.235. The maximum Gasteiger partial charge on any atom is 0.254 e. The van der Waals surface area contributed by atoms with Gasteiger partial charge in [0.15, 0.2) is 0 Å². The average molecular weight is 426 g/mol. The molecule has 1 saturated heterocycles. The third kappa shape index (κ3) is 3.82. The van der Waals surface area contributed by atoms with Crippen molar-refractivity contribution in [2.75, 3.05) is 31.1 Å². The van der Waals surface area contributed by atoms with Gasteiger partial charge in [-0.1, -0.05) is 54.1 Å². The van der Waals surface area contributed by atoms with Gasteiger partial charge in [0, 0.05) is 37.1 Å². The van der Waals surface area contributed by atoms with E-state index < -0.39 is 0 Å². The van der Waals surface area contributed by atoms with Crippen molar-refractivity contribution in [1.29, 1.82) is 0 Å². The van der Waals surface area contributed by atoms with Crippen LogP contribution < -0.4 is 4.90 Å². The van der Waals surface area contributed by atoms with Crippen molar-refractivity contribution in [2.24, 2.45) is 0 Å². The second-order valence-electron chi connectivity index (χ2n) is 8.17. The molecule has 0 unspecified atom stereocenters. The molecule has 1 aromatic heterocycles. The minimum Gasteiger partial charge on any atom is -0.366 e. The van der Waals surface area contributed by atoms with E-state index in [1.165, 1.54) is 6.07 Å². The van der Waals surface area contributed by atoms with E-state index in [0.717, 1.165) is 27.7 Å². The number of piperazine rings is 1. The van der Waals surface area contributed by atoms with Crippen LogP contribution in [0.3, 0.4) is 0 Å². The first-order valence-corrected chi connectivity index (χ1v) is 10.9. The number of hydrogen-bond donors (Lipinski definition) is 0. The Balaban J connectivity index is 1.45. The number of halogens is 1. The number of aromatic nitrogens is 1. The molecule has 0 radical (unpaired) electrons. The van der Waals surface area contributed by atoms with E-state index in [-0.39, 0.29) is 11.7 Å². The molecule has 4 nitrogen and oxygen atoms in total. The molecule has 0 aliphatic carbocycles. The summed E-state index contributed by atoms with van der Waals surface area (Å²) in [6.07, 6.45) is 0. The fraction of sp³-hybridized carbons (Fsp3) is 0.185. The molecule has 1 amide bonds. The van der Waals surface area contributed by atoms with E-state index in [9.17, 15) is 9.18 Å². The second-order valence-corrected chi connectivity index (χ2v) is 8.17. The molecule has 1 aliphatic heterocycles. The van der Waals surface area contributed by atoms with E-state index in [1.807, 2.05) is 71.3 Å². The maximum absolute atomic E-state index is 14.2. The fourth-order valence-electron chi connectivity index (χ4n) is 4.33. The fourth-order valence-corrected chi connectivity index (χ4v) is 4.33. The zero-order valence-corrected chi connectivity index (χ0v) is 18.0. The lowest BCUT2D eigenvalue weighted by Gasteiger charge is -2.36. The molecule has 0 saturated carbocycles. The lowest BCUT2D eigenvalue weighted by Crippen LogP contribution is -2.49. The number of carbonyl (C=O) groups excluding carboxylic acids is 1. The normalized spacial score (nSPS) is 14.1. The summed E-state index contributed by atoms with van der Waals surface area (Å²) < 4.78 is 14.2. The summed E-state index contributed by atoms with van der Waals surface area (Å²) in [5, 5.41) is 0.852. The van der Waals surface area contributed by atoms with Crippen molar-refractivity contribution in [1.82, 2.24) is 9.88 Å². The number of amides is 1. The van der Waals surface area contributed by atoms with Gasteiger partial charge in [0.25, 0.3) is 5.91 Å². The Bertz CT molecular complexity index is 1300. The van der Waals surface area contributed by atoms with Crippen molar-refractivity contribution in [2.45, 2.75) is 6.92 Å². The number of benzene rings is 3. The van der Waals surface area contributed by atoms with E-state index in [0.29, 0.717) is 37.4 Å². The zero-order chi connectivity index (χ0) is 22.1. The van der Waals surface area contributed by atoms with Crippen LogP contribution in [0.5, 0.6) is 0 Å². The molecule has 2 heterocycles. The minimum atomic E-state index is -0.227. The van der Waals surface area contributed by atoms with Crippen LogP contribution in [0.1, 0.15) is 15.9 Å². The number of hydrogen-bond acceptors (Lipinski definition) is 3. The van der Waals surface area contributed by atoms with Crippen molar-refractivity contribution in [3.05, 3.63) is 95.8 Å². The third-order valence-corrected chi connectivity index (χ3v) is 6.02. The van der Waals surface area contributed by atoms with Gasteiger partial charge in [-0.25, -0.2) is 9.37 Å². The van der Waals surface area contributed by atoms with E-state index in [4.69, 9.17) is 4.98 Å². The van der Waals surface area contributed by atoms with Gasteiger partial charge in [-0.05, 0) is 37.3 Å². The molecule has 5 heteroatoms. The van der Waals surface area contributed by atoms with Gasteiger partial charge >= 0.3 is 0 Å². The number of fused-ring (bicyclic) bond motifs is 1. The zero-order valence-electron chi connectivity index (χ0n) is 18.0. The van der Waals surface area contributed by atoms with Crippen LogP contribution in [0.15, 0.2) is 78.9 Å². The minimum absolute atomic E-state index is 0.00862. The highest BCUT2D eigenvalue weighted by atomic mass is 19.1. The highest BCUT2D eigenvalue weighted by molar-refractivity contribution is 6.07. The summed E-state index contributed by atoms with van der Waals surface area (Å²) in [6.45, 7) is 4.33. The van der Waals surface area contributed by atoms with E-state index in [2.05, 4.69) is 6.07 Å². The van der Waals surface area contributed by atoms with Gasteiger partial charge in [0.1, 0.15) is 5.82 Å². The Morgan fingerprint density at radius 1 is 0.875 bits per heavy atom. The molecule has 0 N–H and O–H groups in total. The smallest absolute Gasteiger partial charge is 0.254 e. The molecule has 0 bridgehead atoms. The van der Waals surface area contributed by atoms with Crippen LogP contribution in [-0.2, 0) is 0 Å². The van der Waals surface area contributed by atoms with Crippen LogP contribution >= 0.6 is 0 Å². The van der Waals surface area contributed by atoms with Gasteiger partial charge in [-0.15, -0.1) is 0 Å². The Morgan fingerprint density at radius 3 is 2.41 bits per heavy atom. The van der Waals surface area contributed by atoms with Gasteiger partial charge in [0.05, 0.1) is 22.5 Å². The molecular formula is C27H24FN3O. The Kier molecular flexibility index (Phi) is 5.31. The molecule has 32 heavy (non-hydrogen) atoms. The lowest BCUT2D eigenvalue weighted by atomic mass is 10.0. The van der Waals surface area contributed by atoms with Crippen LogP contribution in [0.25, 0.3) is 22.2 Å². The SMILES string of the molecule is Cc1cccc(-c2cc(C(=O)N3CCN(c4ccccc4F)CC3)c3ccccc3n2)c1. The first-order valence-electron chi connectivity index (χ1n) is 10.9. The first-order chi connectivity index (χ1) is 15.6. The highest BCUT2D eigenvalue weighted by Crippen LogP contribution is 2.27. The summed E-state index contributed by atoms with van der Waals surface area (Å²) in [7, 11) is 0. The molecule has 5 rings (SSSR count). The van der Waals surface area contributed by atoms with Gasteiger partial charge in [-0.3, -0.25) is 4.79 Å². The molecule has 0 atom stereocenters. The Labute approximate surface area is 186 Å². The molecule has 160 valence electrons. The molecule has 3 aromatic carbocycles. The lowest BCUT2D eigenvalue weighted by molar-refractivity contribution is 0.0748. The number of aryl methyl sites for hydroxylation is 1. The van der Waals surface area contributed by atoms with Gasteiger partial charge in [-0.2, -0.15) is 0 Å². The largest absolute Gasteiger partial charge is 0.366 e. The summed E-state index contributed by atoms with van der Waals surface area (Å²) in [6, 6.07) is 24.6. The number of nitrogens with zero attached hydrogens (tertiary/aromatic N) is 3. The van der Waals surface area contributed by atoms with Crippen molar-refractivity contribution >= 4 is 22.5 Å². The molecular weight excluding hydrogens is 401 g/mol. The summed E-state index contributed by atoms with van der Waals surface area (Å²) in [5.41, 5.74) is 4.99. The highest BCUT2D eigenvalue weighted by Gasteiger charge is 2.25. The van der Waals surface area contributed by atoms with E-state index in [1.54, 1.807) is 12.1 Å². The van der Waals surface area contributed by atoms with Crippen molar-refractivity contribution in [3.63, 3.8) is 0 Å². The average Bonchev–Trinajstić information content (AvgIpc) is 2.83. The number of rotatable bonds is 3. The van der Waals surface area contributed by atoms with Gasteiger partial charge < -0.3 is 9.80 Å². The number of carbonyl (C=O) groups is 1. The second kappa shape index (κ2) is 8.42. The number of anilines is 1. The molecule has 4 aromatic rings. The van der Waals surface area contributed by atoms with E-state index >= 15 is 0 Å². The summed E-state index contributed by atoms with van der Waals surface area (Å²) in [4.78, 5) is 22.3. The number of para-hydroxylation sites is 2. The quantitative estimate of drug-likeness (QED) is 0.446. The molecule has 0 spiro atoms. The first kappa shape index (κ1) is 20.2. The van der Waals surface area contributed by atoms with Crippen LogP contribution in [0.4, 0.5) is 10.1 Å². The molecule has 1 fully saturated rings. The van der Waals surface area contributed by atoms with Gasteiger partial charge in [0.2, 0.25) is 0 Å². The van der Waals surface area contributed by atoms with Crippen molar-refractivity contribution in [3.8, 4) is 11.3 Å². The third-order valence-electron chi connectivity index (χ3n) is 6.02. The Hall–Kier alpha value is -3.73. The van der Waals surface area contributed by atoms with Crippen molar-refractivity contribution < 1.29 is 9.18 Å². The predicted molar refractivity (Wildman–Crippen MR) is 126 cm³/mol. The topological polar surface area (TPSA) is 36.4 Å². The Morgan fingerprint density at radius 2 is 1.62 bits per heavy atom. The van der Waals surface area contributed by atoms with Crippen LogP contribution in [0.2, 0.25) is 0 Å². The number of pyridine rings is 1. The standard InChI is InChI=1S/C27H24FN3O/c1-19-7-6-8-20(17-19)25-18-22(21-9-2-4-11-24(21)29-25)27(32)31-15-13-30(14-16-31)26-12-5-3-10-23(26)28/h2-12,17-18H,13-16H2,1H3. The van der Waals surface area contributed by atoms with Crippen LogP contribution in [0, 0.1) is 12.7 Å². The van der Waals surface area contributed by atoms with Crippen LogP contribution in [-0.4, -0.2) is 42.0 Å². The maximum atomic E-state index is 14.2. The summed E-state index contributed by atoms with van der Waals surface area (Å²) >= 11 is 0.